The molecule has 3 N–H and O–H groups in total. The fourth-order valence-electron chi connectivity index (χ4n) is 4.34. The topological polar surface area (TPSA) is 114 Å². The number of nitrogens with two attached hydrogens (primary N) is 1. The van der Waals surface area contributed by atoms with Gasteiger partial charge in [0.25, 0.3) is 5.56 Å². The lowest BCUT2D eigenvalue weighted by Crippen LogP contribution is -2.49. The summed E-state index contributed by atoms with van der Waals surface area (Å²) in [6.45, 7) is 4.48. The third-order valence-corrected chi connectivity index (χ3v) is 6.21. The van der Waals surface area contributed by atoms with Crippen molar-refractivity contribution in [1.82, 2.24) is 14.0 Å². The van der Waals surface area contributed by atoms with Gasteiger partial charge in [-0.1, -0.05) is 42.5 Å². The average Bonchev–Trinajstić information content (AvgIpc) is 2.84. The van der Waals surface area contributed by atoms with Crippen molar-refractivity contribution in [3.63, 3.8) is 0 Å². The van der Waals surface area contributed by atoms with E-state index in [1.165, 1.54) is 4.57 Å². The first-order chi connectivity index (χ1) is 16.4. The molecule has 9 nitrogen and oxygen atoms in total. The highest BCUT2D eigenvalue weighted by molar-refractivity contribution is 6.01. The van der Waals surface area contributed by atoms with Gasteiger partial charge < -0.3 is 15.7 Å². The van der Waals surface area contributed by atoms with Crippen LogP contribution in [0.15, 0.2) is 64.2 Å². The van der Waals surface area contributed by atoms with E-state index in [-0.39, 0.29) is 36.8 Å². The van der Waals surface area contributed by atoms with E-state index in [0.717, 1.165) is 15.8 Å². The van der Waals surface area contributed by atoms with E-state index in [0.29, 0.717) is 26.2 Å². The number of nitrogens with zero attached hydrogens (tertiary/aromatic N) is 4. The summed E-state index contributed by atoms with van der Waals surface area (Å²) in [6.07, 6.45) is 0. The van der Waals surface area contributed by atoms with E-state index >= 15 is 0 Å². The first-order valence-electron chi connectivity index (χ1n) is 11.4. The van der Waals surface area contributed by atoms with Crippen LogP contribution in [0.3, 0.4) is 0 Å². The molecule has 34 heavy (non-hydrogen) atoms. The van der Waals surface area contributed by atoms with Crippen molar-refractivity contribution < 1.29 is 9.90 Å². The molecule has 0 bridgehead atoms. The normalized spacial score (nSPS) is 14.3. The van der Waals surface area contributed by atoms with Gasteiger partial charge in [0.1, 0.15) is 17.1 Å². The Hall–Kier alpha value is -3.85. The first kappa shape index (κ1) is 23.3. The second-order valence-electron chi connectivity index (χ2n) is 8.34. The third-order valence-electron chi connectivity index (χ3n) is 6.21. The van der Waals surface area contributed by atoms with Crippen molar-refractivity contribution in [2.24, 2.45) is 0 Å². The summed E-state index contributed by atoms with van der Waals surface area (Å²) in [5.74, 6) is -0.274. The Balaban J connectivity index is 1.55. The minimum Gasteiger partial charge on any atom is -0.506 e. The number of ketones is 1. The number of phenols is 1. The van der Waals surface area contributed by atoms with Gasteiger partial charge in [-0.2, -0.15) is 0 Å². The zero-order chi connectivity index (χ0) is 24.2. The zero-order valence-electron chi connectivity index (χ0n) is 19.2. The van der Waals surface area contributed by atoms with Crippen LogP contribution in [0, 0.1) is 0 Å². The van der Waals surface area contributed by atoms with Crippen molar-refractivity contribution in [3.05, 3.63) is 86.6 Å². The van der Waals surface area contributed by atoms with Crippen molar-refractivity contribution in [2.75, 3.05) is 43.4 Å². The summed E-state index contributed by atoms with van der Waals surface area (Å²) >= 11 is 0. The van der Waals surface area contributed by atoms with Crippen molar-refractivity contribution >= 4 is 17.3 Å². The van der Waals surface area contributed by atoms with Gasteiger partial charge in [0.15, 0.2) is 5.78 Å². The smallest absolute Gasteiger partial charge is 0.332 e. The SMILES string of the molecule is CCn1c(=O)c(C(=O)CN2CCN(c3ccccc3O)CC2)c(N)n(Cc2ccccc2)c1=O. The first-order valence-corrected chi connectivity index (χ1v) is 11.4. The number of phenolic OH excluding ortho intramolecular Hbond substituents is 1. The highest BCUT2D eigenvalue weighted by Gasteiger charge is 2.26. The molecule has 1 aliphatic heterocycles. The number of aromatic nitrogens is 2. The van der Waals surface area contributed by atoms with Crippen LogP contribution in [0.5, 0.6) is 5.75 Å². The summed E-state index contributed by atoms with van der Waals surface area (Å²) in [7, 11) is 0. The molecule has 1 saturated heterocycles. The number of carbonyl (C=O) groups excluding carboxylic acids is 1. The Morgan fingerprint density at radius 1 is 0.941 bits per heavy atom. The van der Waals surface area contributed by atoms with Gasteiger partial charge >= 0.3 is 5.69 Å². The fourth-order valence-corrected chi connectivity index (χ4v) is 4.34. The lowest BCUT2D eigenvalue weighted by Gasteiger charge is -2.36. The monoisotopic (exact) mass is 463 g/mol. The standard InChI is InChI=1S/C25H29N5O4/c1-2-29-24(33)22(23(26)30(25(29)34)16-18-8-4-3-5-9-18)21(32)17-27-12-14-28(15-13-27)19-10-6-7-11-20(19)31/h3-11,31H,2,12-17,26H2,1H3. The molecule has 4 rings (SSSR count). The van der Waals surface area contributed by atoms with E-state index in [2.05, 4.69) is 4.90 Å². The van der Waals surface area contributed by atoms with Crippen LogP contribution in [-0.2, 0) is 13.1 Å². The molecule has 2 heterocycles. The molecule has 3 aromatic rings. The zero-order valence-corrected chi connectivity index (χ0v) is 19.2. The summed E-state index contributed by atoms with van der Waals surface area (Å²) < 4.78 is 2.35. The molecule has 9 heteroatoms. The van der Waals surface area contributed by atoms with Gasteiger partial charge in [-0.25, -0.2) is 4.79 Å². The Labute approximate surface area is 197 Å². The molecule has 2 aromatic carbocycles. The Morgan fingerprint density at radius 2 is 1.59 bits per heavy atom. The predicted molar refractivity (Wildman–Crippen MR) is 132 cm³/mol. The average molecular weight is 464 g/mol. The largest absolute Gasteiger partial charge is 0.506 e. The molecular weight excluding hydrogens is 434 g/mol. The van der Waals surface area contributed by atoms with Gasteiger partial charge in [0.05, 0.1) is 18.8 Å². The second-order valence-corrected chi connectivity index (χ2v) is 8.34. The molecule has 0 amide bonds. The van der Waals surface area contributed by atoms with Crippen LogP contribution in [0.1, 0.15) is 22.8 Å². The van der Waals surface area contributed by atoms with Gasteiger partial charge in [0, 0.05) is 32.7 Å². The maximum atomic E-state index is 13.2. The number of para-hydroxylation sites is 2. The molecule has 1 fully saturated rings. The molecule has 0 atom stereocenters. The van der Waals surface area contributed by atoms with E-state index in [1.54, 1.807) is 19.1 Å². The number of hydrogen-bond acceptors (Lipinski definition) is 7. The lowest BCUT2D eigenvalue weighted by molar-refractivity contribution is 0.0924. The quantitative estimate of drug-likeness (QED) is 0.509. The molecule has 0 aliphatic carbocycles. The van der Waals surface area contributed by atoms with Crippen LogP contribution < -0.4 is 21.9 Å². The summed E-state index contributed by atoms with van der Waals surface area (Å²) in [4.78, 5) is 43.2. The Morgan fingerprint density at radius 3 is 2.24 bits per heavy atom. The van der Waals surface area contributed by atoms with Crippen molar-refractivity contribution in [1.29, 1.82) is 0 Å². The molecule has 0 spiro atoms. The number of Topliss-reactive ketones (excluding diaryl/α,β-unsaturated/α-hetero) is 1. The van der Waals surface area contributed by atoms with Gasteiger partial charge in [0.2, 0.25) is 0 Å². The number of carbonyl (C=O) groups is 1. The molecule has 0 saturated carbocycles. The minimum atomic E-state index is -0.646. The number of nitrogen functional groups attached to an aromatic ring is 1. The highest BCUT2D eigenvalue weighted by Crippen LogP contribution is 2.27. The lowest BCUT2D eigenvalue weighted by atomic mass is 10.1. The van der Waals surface area contributed by atoms with Crippen LogP contribution in [0.25, 0.3) is 0 Å². The molecule has 1 aromatic heterocycles. The fraction of sp³-hybridized carbons (Fsp3) is 0.320. The molecule has 0 radical (unpaired) electrons. The van der Waals surface area contributed by atoms with Gasteiger partial charge in [-0.05, 0) is 24.6 Å². The number of aromatic hydroxyl groups is 1. The minimum absolute atomic E-state index is 0.0291. The van der Waals surface area contributed by atoms with Crippen LogP contribution in [0.4, 0.5) is 11.5 Å². The van der Waals surface area contributed by atoms with E-state index in [9.17, 15) is 19.5 Å². The third kappa shape index (κ3) is 4.60. The number of benzene rings is 2. The van der Waals surface area contributed by atoms with E-state index in [1.807, 2.05) is 47.4 Å². The number of piperazine rings is 1. The van der Waals surface area contributed by atoms with Crippen molar-refractivity contribution in [2.45, 2.75) is 20.0 Å². The van der Waals surface area contributed by atoms with Crippen molar-refractivity contribution in [3.8, 4) is 5.75 Å². The maximum Gasteiger partial charge on any atom is 0.332 e. The van der Waals surface area contributed by atoms with Gasteiger partial charge in [-0.15, -0.1) is 0 Å². The van der Waals surface area contributed by atoms with Crippen LogP contribution in [-0.4, -0.2) is 57.6 Å². The number of hydrogen-bond donors (Lipinski definition) is 2. The molecular formula is C25H29N5O4. The Bertz CT molecular complexity index is 1290. The summed E-state index contributed by atoms with van der Waals surface area (Å²) in [5.41, 5.74) is 6.55. The van der Waals surface area contributed by atoms with Crippen LogP contribution >= 0.6 is 0 Å². The number of rotatable bonds is 7. The van der Waals surface area contributed by atoms with E-state index < -0.39 is 17.0 Å². The predicted octanol–water partition coefficient (Wildman–Crippen LogP) is 1.37. The summed E-state index contributed by atoms with van der Waals surface area (Å²) in [5, 5.41) is 10.1. The summed E-state index contributed by atoms with van der Waals surface area (Å²) in [6, 6.07) is 16.5. The second kappa shape index (κ2) is 9.96. The molecule has 178 valence electrons. The Kier molecular flexibility index (Phi) is 6.83. The molecule has 1 aliphatic rings. The van der Waals surface area contributed by atoms with Gasteiger partial charge in [-0.3, -0.25) is 23.6 Å². The number of anilines is 2. The molecule has 0 unspecified atom stereocenters. The maximum absolute atomic E-state index is 13.2. The van der Waals surface area contributed by atoms with E-state index in [4.69, 9.17) is 5.73 Å². The van der Waals surface area contributed by atoms with Crippen LogP contribution in [0.2, 0.25) is 0 Å². The highest BCUT2D eigenvalue weighted by atomic mass is 16.3.